The van der Waals surface area contributed by atoms with Gasteiger partial charge in [0.25, 0.3) is 0 Å². The maximum Gasteiger partial charge on any atom is 0.0665 e. The molecule has 0 heterocycles. The SMILES string of the molecule is CCCCCCCCCCCC#CCCCc1ccccc1N=C(CCCCCCCC)C(CCCCCCCC)=Nc1ccccc1CCCC#CCCCCCCCCCCC. The number of aliphatic imine (C=N–C) groups is 2. The molecule has 0 aliphatic carbocycles. The molecule has 2 heteroatoms. The molecule has 0 atom stereocenters. The molecule has 64 heavy (non-hydrogen) atoms. The Balaban J connectivity index is 2.16. The van der Waals surface area contributed by atoms with Gasteiger partial charge < -0.3 is 0 Å². The molecule has 358 valence electrons. The van der Waals surface area contributed by atoms with E-state index in [0.717, 1.165) is 75.6 Å². The zero-order valence-electron chi connectivity index (χ0n) is 42.8. The van der Waals surface area contributed by atoms with Crippen LogP contribution < -0.4 is 0 Å². The van der Waals surface area contributed by atoms with Gasteiger partial charge in [0.05, 0.1) is 22.8 Å². The monoisotopic (exact) mass is 873 g/mol. The Hall–Kier alpha value is -3.10. The lowest BCUT2D eigenvalue weighted by Crippen LogP contribution is -2.15. The fraction of sp³-hybridized carbons (Fsp3) is 0.710. The molecule has 2 aromatic rings. The molecular weight excluding hydrogens is 773 g/mol. The van der Waals surface area contributed by atoms with Gasteiger partial charge in [-0.15, -0.1) is 23.7 Å². The molecule has 0 fully saturated rings. The zero-order valence-corrected chi connectivity index (χ0v) is 42.8. The van der Waals surface area contributed by atoms with E-state index in [1.807, 2.05) is 0 Å². The molecule has 2 nitrogen and oxygen atoms in total. The van der Waals surface area contributed by atoms with Crippen molar-refractivity contribution in [2.75, 3.05) is 0 Å². The van der Waals surface area contributed by atoms with Crippen molar-refractivity contribution in [2.45, 2.75) is 285 Å². The number of rotatable bonds is 41. The number of unbranched alkanes of at least 4 members (excludes halogenated alkanes) is 30. The van der Waals surface area contributed by atoms with Crippen molar-refractivity contribution in [3.8, 4) is 23.7 Å². The van der Waals surface area contributed by atoms with Crippen LogP contribution in [0.1, 0.15) is 283 Å². The maximum atomic E-state index is 5.61. The van der Waals surface area contributed by atoms with E-state index in [0.29, 0.717) is 0 Å². The van der Waals surface area contributed by atoms with Crippen LogP contribution in [0, 0.1) is 23.7 Å². The predicted octanol–water partition coefficient (Wildman–Crippen LogP) is 20.5. The van der Waals surface area contributed by atoms with Gasteiger partial charge in [-0.3, -0.25) is 9.98 Å². The fourth-order valence-corrected chi connectivity index (χ4v) is 8.76. The highest BCUT2D eigenvalue weighted by molar-refractivity contribution is 6.43. The number of benzene rings is 2. The minimum absolute atomic E-state index is 0.965. The van der Waals surface area contributed by atoms with E-state index in [1.54, 1.807) is 0 Å². The summed E-state index contributed by atoms with van der Waals surface area (Å²) in [4.78, 5) is 11.2. The highest BCUT2D eigenvalue weighted by atomic mass is 14.8. The smallest absolute Gasteiger partial charge is 0.0665 e. The van der Waals surface area contributed by atoms with Crippen LogP contribution in [0.2, 0.25) is 0 Å². The minimum atomic E-state index is 0.965. The van der Waals surface area contributed by atoms with Crippen molar-refractivity contribution in [3.63, 3.8) is 0 Å². The number of aryl methyl sites for hydroxylation is 2. The van der Waals surface area contributed by atoms with Crippen LogP contribution in [-0.4, -0.2) is 11.4 Å². The highest BCUT2D eigenvalue weighted by Crippen LogP contribution is 2.27. The zero-order chi connectivity index (χ0) is 45.6. The fourth-order valence-electron chi connectivity index (χ4n) is 8.76. The van der Waals surface area contributed by atoms with Crippen LogP contribution in [0.3, 0.4) is 0 Å². The first kappa shape index (κ1) is 57.0. The molecule has 2 rings (SSSR count). The van der Waals surface area contributed by atoms with Crippen LogP contribution in [0.25, 0.3) is 0 Å². The van der Waals surface area contributed by atoms with Gasteiger partial charge in [0, 0.05) is 25.7 Å². The Bertz CT molecular complexity index is 1440. The van der Waals surface area contributed by atoms with E-state index in [2.05, 4.69) is 99.9 Å². The van der Waals surface area contributed by atoms with Crippen molar-refractivity contribution in [1.29, 1.82) is 0 Å². The number of hydrogen-bond acceptors (Lipinski definition) is 2. The first-order valence-electron chi connectivity index (χ1n) is 28.0. The first-order valence-corrected chi connectivity index (χ1v) is 28.0. The van der Waals surface area contributed by atoms with E-state index >= 15 is 0 Å². The Labute approximate surface area is 399 Å². The summed E-state index contributed by atoms with van der Waals surface area (Å²) < 4.78 is 0. The summed E-state index contributed by atoms with van der Waals surface area (Å²) in [6.45, 7) is 9.21. The summed E-state index contributed by atoms with van der Waals surface area (Å²) in [5.41, 5.74) is 7.40. The molecule has 0 aromatic heterocycles. The molecule has 0 saturated carbocycles. The third-order valence-corrected chi connectivity index (χ3v) is 12.9. The van der Waals surface area contributed by atoms with Crippen LogP contribution in [0.4, 0.5) is 11.4 Å². The highest BCUT2D eigenvalue weighted by Gasteiger charge is 2.14. The van der Waals surface area contributed by atoms with Crippen molar-refractivity contribution >= 4 is 22.8 Å². The van der Waals surface area contributed by atoms with Crippen LogP contribution >= 0.6 is 0 Å². The van der Waals surface area contributed by atoms with Gasteiger partial charge in [0.15, 0.2) is 0 Å². The second kappa shape index (κ2) is 43.8. The van der Waals surface area contributed by atoms with E-state index in [1.165, 1.54) is 215 Å². The lowest BCUT2D eigenvalue weighted by molar-refractivity contribution is 0.567. The lowest BCUT2D eigenvalue weighted by Gasteiger charge is -2.14. The van der Waals surface area contributed by atoms with Gasteiger partial charge in [-0.1, -0.05) is 231 Å². The molecule has 0 amide bonds. The van der Waals surface area contributed by atoms with Gasteiger partial charge in [-0.25, -0.2) is 0 Å². The average molecular weight is 873 g/mol. The lowest BCUT2D eigenvalue weighted by atomic mass is 9.99. The Morgan fingerprint density at radius 3 is 0.906 bits per heavy atom. The molecule has 2 aromatic carbocycles. The second-order valence-electron chi connectivity index (χ2n) is 19.0. The Kier molecular flexibility index (Phi) is 39.0. The Morgan fingerprint density at radius 1 is 0.312 bits per heavy atom. The maximum absolute atomic E-state index is 5.61. The van der Waals surface area contributed by atoms with Gasteiger partial charge in [0.1, 0.15) is 0 Å². The summed E-state index contributed by atoms with van der Waals surface area (Å²) in [6.07, 6.45) is 50.3. The minimum Gasteiger partial charge on any atom is -0.251 e. The standard InChI is InChI=1S/C62H100N2/c1-5-9-13-17-21-23-25-27-29-31-33-35-37-41-49-57-51-45-47-53-59(57)63-61(55-43-39-19-15-11-7-3)62(56-44-40-20-16-12-8-4)64-60-54-48-46-52-58(60)50-42-38-36-34-32-30-28-26-24-22-18-14-10-6-2/h45-48,51-54H,5-32,37-44,49-50,55-56H2,1-4H3. The van der Waals surface area contributed by atoms with Gasteiger partial charge in [-0.05, 0) is 87.5 Å². The summed E-state index contributed by atoms with van der Waals surface area (Å²) in [5, 5.41) is 0. The molecule has 0 spiro atoms. The molecule has 0 aliphatic rings. The van der Waals surface area contributed by atoms with E-state index in [4.69, 9.17) is 9.98 Å². The van der Waals surface area contributed by atoms with Crippen molar-refractivity contribution in [1.82, 2.24) is 0 Å². The van der Waals surface area contributed by atoms with Gasteiger partial charge in [0.2, 0.25) is 0 Å². The molecule has 0 N–H and O–H groups in total. The second-order valence-corrected chi connectivity index (χ2v) is 19.0. The molecule has 0 bridgehead atoms. The molecular formula is C62H100N2. The van der Waals surface area contributed by atoms with E-state index < -0.39 is 0 Å². The first-order chi connectivity index (χ1) is 31.7. The van der Waals surface area contributed by atoms with Gasteiger partial charge >= 0.3 is 0 Å². The van der Waals surface area contributed by atoms with Crippen molar-refractivity contribution in [3.05, 3.63) is 59.7 Å². The molecule has 0 unspecified atom stereocenters. The topological polar surface area (TPSA) is 24.7 Å². The third-order valence-electron chi connectivity index (χ3n) is 12.9. The average Bonchev–Trinajstić information content (AvgIpc) is 3.31. The summed E-state index contributed by atoms with van der Waals surface area (Å²) in [5.74, 6) is 14.0. The Morgan fingerprint density at radius 2 is 0.578 bits per heavy atom. The summed E-state index contributed by atoms with van der Waals surface area (Å²) in [7, 11) is 0. The quantitative estimate of drug-likeness (QED) is 0.0361. The predicted molar refractivity (Wildman–Crippen MR) is 288 cm³/mol. The van der Waals surface area contributed by atoms with Crippen LogP contribution in [0.15, 0.2) is 58.5 Å². The molecule has 0 radical (unpaired) electrons. The third kappa shape index (κ3) is 31.7. The number of hydrogen-bond donors (Lipinski definition) is 0. The number of para-hydroxylation sites is 2. The van der Waals surface area contributed by atoms with Crippen molar-refractivity contribution < 1.29 is 0 Å². The van der Waals surface area contributed by atoms with E-state index in [-0.39, 0.29) is 0 Å². The van der Waals surface area contributed by atoms with Crippen molar-refractivity contribution in [2.24, 2.45) is 9.98 Å². The summed E-state index contributed by atoms with van der Waals surface area (Å²) >= 11 is 0. The normalized spacial score (nSPS) is 11.7. The molecule has 0 aliphatic heterocycles. The van der Waals surface area contributed by atoms with Crippen LogP contribution in [-0.2, 0) is 12.8 Å². The summed E-state index contributed by atoms with van der Waals surface area (Å²) in [6, 6.07) is 17.8. The molecule has 0 saturated heterocycles. The van der Waals surface area contributed by atoms with E-state index in [9.17, 15) is 0 Å². The van der Waals surface area contributed by atoms with Crippen LogP contribution in [0.5, 0.6) is 0 Å². The largest absolute Gasteiger partial charge is 0.251 e. The van der Waals surface area contributed by atoms with Gasteiger partial charge in [-0.2, -0.15) is 0 Å². The number of nitrogens with zero attached hydrogens (tertiary/aromatic N) is 2.